The third-order valence-corrected chi connectivity index (χ3v) is 5.64. The summed E-state index contributed by atoms with van der Waals surface area (Å²) in [4.78, 5) is 13.7. The molecule has 2 atom stereocenters. The number of rotatable bonds is 5. The first-order valence-corrected chi connectivity index (χ1v) is 9.64. The van der Waals surface area contributed by atoms with Gasteiger partial charge in [0.1, 0.15) is 24.7 Å². The molecule has 9 nitrogen and oxygen atoms in total. The van der Waals surface area contributed by atoms with Gasteiger partial charge < -0.3 is 9.88 Å². The minimum absolute atomic E-state index is 0.0557. The van der Waals surface area contributed by atoms with Crippen LogP contribution in [0.1, 0.15) is 18.2 Å². The number of aromatic amines is 1. The third kappa shape index (κ3) is 3.04. The van der Waals surface area contributed by atoms with Gasteiger partial charge in [-0.05, 0) is 18.6 Å². The number of nitrogens with zero attached hydrogens (tertiary/aromatic N) is 8. The molecule has 0 bridgehead atoms. The van der Waals surface area contributed by atoms with E-state index in [1.165, 1.54) is 6.33 Å². The summed E-state index contributed by atoms with van der Waals surface area (Å²) in [6.07, 6.45) is 9.24. The first-order valence-electron chi connectivity index (χ1n) is 9.64. The second kappa shape index (κ2) is 7.51. The first kappa shape index (κ1) is 18.2. The molecule has 1 saturated heterocycles. The standard InChI is InChI=1S/C20H18FN9/c21-7-18(13-3-6-29(10-13)17-2-5-26-28-16(17)8-22)30-11-14(9-27-30)19-15-1-4-23-20(15)25-12-24-19/h1-2,4-5,9,11-13,18H,3,6-7,10H2,(H,23,24,25). The van der Waals surface area contributed by atoms with Crippen molar-refractivity contribution in [2.24, 2.45) is 5.92 Å². The summed E-state index contributed by atoms with van der Waals surface area (Å²) in [7, 11) is 0. The van der Waals surface area contributed by atoms with Crippen LogP contribution in [-0.2, 0) is 0 Å². The Morgan fingerprint density at radius 1 is 1.33 bits per heavy atom. The van der Waals surface area contributed by atoms with Crippen LogP contribution in [0.3, 0.4) is 0 Å². The number of fused-ring (bicyclic) bond motifs is 1. The molecule has 2 unspecified atom stereocenters. The molecule has 4 aromatic rings. The van der Waals surface area contributed by atoms with Crippen LogP contribution in [0.4, 0.5) is 10.1 Å². The minimum Gasteiger partial charge on any atom is -0.369 e. The highest BCUT2D eigenvalue weighted by atomic mass is 19.1. The summed E-state index contributed by atoms with van der Waals surface area (Å²) in [5.41, 5.74) is 3.36. The van der Waals surface area contributed by atoms with Crippen molar-refractivity contribution in [2.45, 2.75) is 12.5 Å². The number of hydrogen-bond donors (Lipinski definition) is 1. The van der Waals surface area contributed by atoms with Crippen LogP contribution in [0, 0.1) is 17.2 Å². The Morgan fingerprint density at radius 2 is 2.27 bits per heavy atom. The molecule has 1 aliphatic heterocycles. The summed E-state index contributed by atoms with van der Waals surface area (Å²) in [6.45, 7) is 0.827. The highest BCUT2D eigenvalue weighted by molar-refractivity contribution is 5.89. The third-order valence-electron chi connectivity index (χ3n) is 5.64. The molecule has 4 aromatic heterocycles. The van der Waals surface area contributed by atoms with Gasteiger partial charge in [0.2, 0.25) is 0 Å². The largest absolute Gasteiger partial charge is 0.369 e. The Morgan fingerprint density at radius 3 is 3.13 bits per heavy atom. The van der Waals surface area contributed by atoms with Crippen molar-refractivity contribution in [3.63, 3.8) is 0 Å². The first-order chi connectivity index (χ1) is 14.8. The van der Waals surface area contributed by atoms with Crippen molar-refractivity contribution >= 4 is 16.7 Å². The Bertz CT molecular complexity index is 1220. The van der Waals surface area contributed by atoms with Crippen LogP contribution in [0.25, 0.3) is 22.3 Å². The molecule has 1 N–H and O–H groups in total. The second-order valence-corrected chi connectivity index (χ2v) is 7.26. The van der Waals surface area contributed by atoms with Gasteiger partial charge in [0, 0.05) is 42.4 Å². The quantitative estimate of drug-likeness (QED) is 0.545. The normalized spacial score (nSPS) is 17.3. The molecule has 10 heteroatoms. The molecule has 150 valence electrons. The van der Waals surface area contributed by atoms with Crippen molar-refractivity contribution in [2.75, 3.05) is 24.7 Å². The second-order valence-electron chi connectivity index (χ2n) is 7.26. The summed E-state index contributed by atoms with van der Waals surface area (Å²) < 4.78 is 15.8. The summed E-state index contributed by atoms with van der Waals surface area (Å²) >= 11 is 0. The molecule has 0 saturated carbocycles. The molecule has 0 amide bonds. The van der Waals surface area contributed by atoms with E-state index in [-0.39, 0.29) is 11.6 Å². The van der Waals surface area contributed by atoms with Crippen molar-refractivity contribution in [1.29, 1.82) is 5.26 Å². The lowest BCUT2D eigenvalue weighted by molar-refractivity contribution is 0.257. The number of hydrogen-bond acceptors (Lipinski definition) is 7. The van der Waals surface area contributed by atoms with E-state index in [1.54, 1.807) is 23.1 Å². The van der Waals surface area contributed by atoms with Crippen LogP contribution < -0.4 is 4.90 Å². The molecule has 0 aliphatic carbocycles. The van der Waals surface area contributed by atoms with Gasteiger partial charge in [-0.25, -0.2) is 14.4 Å². The van der Waals surface area contributed by atoms with Crippen LogP contribution >= 0.6 is 0 Å². The van der Waals surface area contributed by atoms with E-state index in [4.69, 9.17) is 0 Å². The molecule has 1 aliphatic rings. The molecule has 0 aromatic carbocycles. The maximum atomic E-state index is 14.1. The highest BCUT2D eigenvalue weighted by Gasteiger charge is 2.32. The van der Waals surface area contributed by atoms with Gasteiger partial charge in [-0.1, -0.05) is 0 Å². The molecule has 5 rings (SSSR count). The smallest absolute Gasteiger partial charge is 0.186 e. The van der Waals surface area contributed by atoms with Crippen LogP contribution in [0.2, 0.25) is 0 Å². The Balaban J connectivity index is 1.39. The molecule has 5 heterocycles. The van der Waals surface area contributed by atoms with Gasteiger partial charge >= 0.3 is 0 Å². The Kier molecular flexibility index (Phi) is 4.55. The average Bonchev–Trinajstić information content (AvgIpc) is 3.55. The zero-order chi connectivity index (χ0) is 20.5. The van der Waals surface area contributed by atoms with E-state index >= 15 is 0 Å². The molecular formula is C20H18FN9. The SMILES string of the molecule is N#Cc1nnccc1N1CCC(C(CF)n2cc(-c3ncnc4[nH]ccc34)cn2)C1. The number of nitriles is 1. The Labute approximate surface area is 171 Å². The number of aromatic nitrogens is 7. The van der Waals surface area contributed by atoms with Crippen molar-refractivity contribution < 1.29 is 4.39 Å². The summed E-state index contributed by atoms with van der Waals surface area (Å²) in [6, 6.07) is 5.37. The number of anilines is 1. The monoisotopic (exact) mass is 403 g/mol. The van der Waals surface area contributed by atoms with Crippen molar-refractivity contribution in [3.05, 3.63) is 48.9 Å². The van der Waals surface area contributed by atoms with Crippen molar-refractivity contribution in [3.8, 4) is 17.3 Å². The van der Waals surface area contributed by atoms with Gasteiger partial charge in [0.25, 0.3) is 0 Å². The summed E-state index contributed by atoms with van der Waals surface area (Å²) in [5.74, 6) is 0.0557. The van der Waals surface area contributed by atoms with E-state index in [0.717, 1.165) is 40.9 Å². The number of halogens is 1. The predicted octanol–water partition coefficient (Wildman–Crippen LogP) is 2.52. The van der Waals surface area contributed by atoms with E-state index in [2.05, 4.69) is 41.2 Å². The van der Waals surface area contributed by atoms with Gasteiger partial charge in [0.15, 0.2) is 5.69 Å². The van der Waals surface area contributed by atoms with Gasteiger partial charge in [0.05, 0.1) is 29.8 Å². The van der Waals surface area contributed by atoms with E-state index < -0.39 is 12.7 Å². The fraction of sp³-hybridized carbons (Fsp3) is 0.300. The maximum Gasteiger partial charge on any atom is 0.186 e. The van der Waals surface area contributed by atoms with Crippen molar-refractivity contribution in [1.82, 2.24) is 34.9 Å². The molecular weight excluding hydrogens is 385 g/mol. The average molecular weight is 403 g/mol. The molecule has 0 spiro atoms. The van der Waals surface area contributed by atoms with E-state index in [1.807, 2.05) is 18.5 Å². The molecule has 30 heavy (non-hydrogen) atoms. The molecule has 0 radical (unpaired) electrons. The van der Waals surface area contributed by atoms with E-state index in [0.29, 0.717) is 6.54 Å². The highest BCUT2D eigenvalue weighted by Crippen LogP contribution is 2.33. The van der Waals surface area contributed by atoms with Crippen LogP contribution in [-0.4, -0.2) is 54.7 Å². The number of alkyl halides is 1. The maximum absolute atomic E-state index is 14.1. The van der Waals surface area contributed by atoms with Gasteiger partial charge in [-0.3, -0.25) is 4.68 Å². The van der Waals surface area contributed by atoms with E-state index in [9.17, 15) is 9.65 Å². The zero-order valence-corrected chi connectivity index (χ0v) is 16.0. The lowest BCUT2D eigenvalue weighted by Gasteiger charge is -2.23. The lowest BCUT2D eigenvalue weighted by atomic mass is 10.00. The number of nitrogens with one attached hydrogen (secondary N) is 1. The van der Waals surface area contributed by atoms with Gasteiger partial charge in [-0.2, -0.15) is 15.5 Å². The topological polar surface area (TPSA) is 112 Å². The summed E-state index contributed by atoms with van der Waals surface area (Å²) in [5, 5.41) is 22.3. The zero-order valence-electron chi connectivity index (χ0n) is 16.0. The minimum atomic E-state index is -0.525. The van der Waals surface area contributed by atoms with Crippen LogP contribution in [0.5, 0.6) is 0 Å². The van der Waals surface area contributed by atoms with Gasteiger partial charge in [-0.15, -0.1) is 5.10 Å². The Hall–Kier alpha value is -3.87. The molecule has 1 fully saturated rings. The fourth-order valence-corrected chi connectivity index (χ4v) is 4.14. The van der Waals surface area contributed by atoms with Crippen LogP contribution in [0.15, 0.2) is 43.2 Å². The predicted molar refractivity (Wildman–Crippen MR) is 107 cm³/mol. The lowest BCUT2D eigenvalue weighted by Crippen LogP contribution is -2.26. The number of H-pyrrole nitrogens is 1. The fourth-order valence-electron chi connectivity index (χ4n) is 4.14.